The Kier molecular flexibility index (Phi) is 7.63. The fourth-order valence-electron chi connectivity index (χ4n) is 6.54. The lowest BCUT2D eigenvalue weighted by molar-refractivity contribution is 1.28. The SMILES string of the molecule is c1ccc(-c2ccccc2-c2ccc(N(c3ccccc3)c3ccc(-c4cc5ccccc5cc4-c4ccccc4)cc3)cc2)cc1. The first-order valence-electron chi connectivity index (χ1n) is 16.1. The van der Waals surface area contributed by atoms with Crippen molar-refractivity contribution in [2.45, 2.75) is 0 Å². The van der Waals surface area contributed by atoms with E-state index in [2.05, 4.69) is 205 Å². The van der Waals surface area contributed by atoms with Gasteiger partial charge in [-0.1, -0.05) is 152 Å². The summed E-state index contributed by atoms with van der Waals surface area (Å²) in [6.07, 6.45) is 0. The van der Waals surface area contributed by atoms with Crippen LogP contribution < -0.4 is 4.90 Å². The summed E-state index contributed by atoms with van der Waals surface area (Å²) in [6.45, 7) is 0. The second-order valence-electron chi connectivity index (χ2n) is 11.8. The van der Waals surface area contributed by atoms with E-state index < -0.39 is 0 Å². The zero-order valence-electron chi connectivity index (χ0n) is 26.0. The molecule has 0 amide bonds. The Hall–Kier alpha value is -6.18. The number of anilines is 3. The third-order valence-corrected chi connectivity index (χ3v) is 8.87. The zero-order valence-corrected chi connectivity index (χ0v) is 26.0. The van der Waals surface area contributed by atoms with Crippen LogP contribution in [0.25, 0.3) is 55.3 Å². The second-order valence-corrected chi connectivity index (χ2v) is 11.8. The molecule has 0 bridgehead atoms. The Balaban J connectivity index is 1.18. The van der Waals surface area contributed by atoms with Crippen molar-refractivity contribution in [2.75, 3.05) is 4.90 Å². The number of hydrogen-bond donors (Lipinski definition) is 0. The van der Waals surface area contributed by atoms with E-state index in [4.69, 9.17) is 0 Å². The molecule has 0 unspecified atom stereocenters. The number of fused-ring (bicyclic) bond motifs is 1. The minimum atomic E-state index is 1.11. The third-order valence-electron chi connectivity index (χ3n) is 8.87. The van der Waals surface area contributed by atoms with Gasteiger partial charge < -0.3 is 4.90 Å². The number of nitrogens with zero attached hydrogens (tertiary/aromatic N) is 1. The van der Waals surface area contributed by atoms with Gasteiger partial charge in [0.05, 0.1) is 0 Å². The average Bonchev–Trinajstić information content (AvgIpc) is 3.16. The minimum Gasteiger partial charge on any atom is -0.311 e. The zero-order chi connectivity index (χ0) is 31.4. The third kappa shape index (κ3) is 5.72. The second kappa shape index (κ2) is 12.7. The smallest absolute Gasteiger partial charge is 0.0462 e. The van der Waals surface area contributed by atoms with Crippen LogP contribution in [0.4, 0.5) is 17.1 Å². The predicted molar refractivity (Wildman–Crippen MR) is 200 cm³/mol. The molecule has 0 aliphatic heterocycles. The molecule has 222 valence electrons. The standard InChI is InChI=1S/C46H33N/c1-4-14-34(15-5-1)43-22-12-13-23-44(43)36-24-28-41(29-25-36)47(40-20-8-3-9-21-40)42-30-26-37(27-31-42)46-33-39-19-11-10-18-38(39)32-45(46)35-16-6-2-7-17-35/h1-33H. The molecule has 0 saturated heterocycles. The lowest BCUT2D eigenvalue weighted by Gasteiger charge is -2.26. The van der Waals surface area contributed by atoms with E-state index in [0.29, 0.717) is 0 Å². The summed E-state index contributed by atoms with van der Waals surface area (Å²) >= 11 is 0. The Bertz CT molecular complexity index is 2250. The van der Waals surface area contributed by atoms with Crippen molar-refractivity contribution in [1.29, 1.82) is 0 Å². The van der Waals surface area contributed by atoms with Crippen molar-refractivity contribution >= 4 is 27.8 Å². The predicted octanol–water partition coefficient (Wildman–Crippen LogP) is 13.0. The quantitative estimate of drug-likeness (QED) is 0.176. The number of benzene rings is 8. The highest BCUT2D eigenvalue weighted by Crippen LogP contribution is 2.40. The molecule has 0 aromatic heterocycles. The Labute approximate surface area is 276 Å². The molecule has 8 rings (SSSR count). The minimum absolute atomic E-state index is 1.11. The van der Waals surface area contributed by atoms with Gasteiger partial charge in [0.15, 0.2) is 0 Å². The Morgan fingerprint density at radius 2 is 0.553 bits per heavy atom. The monoisotopic (exact) mass is 599 g/mol. The summed E-state index contributed by atoms with van der Waals surface area (Å²) in [6, 6.07) is 71.7. The van der Waals surface area contributed by atoms with E-state index in [0.717, 1.165) is 17.1 Å². The van der Waals surface area contributed by atoms with Crippen LogP contribution in [-0.2, 0) is 0 Å². The van der Waals surface area contributed by atoms with Crippen LogP contribution in [-0.4, -0.2) is 0 Å². The molecule has 0 radical (unpaired) electrons. The average molecular weight is 600 g/mol. The molecule has 0 aliphatic carbocycles. The molecular weight excluding hydrogens is 567 g/mol. The number of para-hydroxylation sites is 1. The molecule has 0 spiro atoms. The molecule has 0 heterocycles. The molecule has 0 N–H and O–H groups in total. The van der Waals surface area contributed by atoms with E-state index in [9.17, 15) is 0 Å². The largest absolute Gasteiger partial charge is 0.311 e. The normalized spacial score (nSPS) is 11.0. The van der Waals surface area contributed by atoms with E-state index in [-0.39, 0.29) is 0 Å². The van der Waals surface area contributed by atoms with E-state index in [1.165, 1.54) is 55.3 Å². The topological polar surface area (TPSA) is 3.24 Å². The van der Waals surface area contributed by atoms with Crippen molar-refractivity contribution in [1.82, 2.24) is 0 Å². The number of hydrogen-bond acceptors (Lipinski definition) is 1. The van der Waals surface area contributed by atoms with Crippen molar-refractivity contribution in [3.63, 3.8) is 0 Å². The first kappa shape index (κ1) is 28.3. The van der Waals surface area contributed by atoms with Crippen LogP contribution in [0.3, 0.4) is 0 Å². The highest BCUT2D eigenvalue weighted by molar-refractivity contribution is 5.97. The maximum absolute atomic E-state index is 2.33. The van der Waals surface area contributed by atoms with Gasteiger partial charge in [0.25, 0.3) is 0 Å². The van der Waals surface area contributed by atoms with Gasteiger partial charge in [-0.2, -0.15) is 0 Å². The molecule has 0 aliphatic rings. The highest BCUT2D eigenvalue weighted by atomic mass is 15.1. The van der Waals surface area contributed by atoms with E-state index in [1.54, 1.807) is 0 Å². The lowest BCUT2D eigenvalue weighted by atomic mass is 9.91. The Morgan fingerprint density at radius 1 is 0.234 bits per heavy atom. The van der Waals surface area contributed by atoms with Crippen LogP contribution in [0.2, 0.25) is 0 Å². The van der Waals surface area contributed by atoms with Crippen molar-refractivity contribution < 1.29 is 0 Å². The maximum atomic E-state index is 2.33. The summed E-state index contributed by atoms with van der Waals surface area (Å²) in [5.41, 5.74) is 13.1. The molecular formula is C46H33N. The van der Waals surface area contributed by atoms with E-state index >= 15 is 0 Å². The van der Waals surface area contributed by atoms with Crippen molar-refractivity contribution in [3.8, 4) is 44.5 Å². The first-order chi connectivity index (χ1) is 23.3. The Morgan fingerprint density at radius 3 is 1.02 bits per heavy atom. The van der Waals surface area contributed by atoms with Gasteiger partial charge in [-0.25, -0.2) is 0 Å². The molecule has 8 aromatic rings. The van der Waals surface area contributed by atoms with Crippen LogP contribution in [0.1, 0.15) is 0 Å². The molecule has 0 fully saturated rings. The van der Waals surface area contributed by atoms with Crippen molar-refractivity contribution in [2.24, 2.45) is 0 Å². The highest BCUT2D eigenvalue weighted by Gasteiger charge is 2.15. The maximum Gasteiger partial charge on any atom is 0.0462 e. The summed E-state index contributed by atoms with van der Waals surface area (Å²) in [7, 11) is 0. The summed E-state index contributed by atoms with van der Waals surface area (Å²) in [5, 5.41) is 2.49. The van der Waals surface area contributed by atoms with Crippen LogP contribution in [0.5, 0.6) is 0 Å². The van der Waals surface area contributed by atoms with E-state index in [1.807, 2.05) is 0 Å². The lowest BCUT2D eigenvalue weighted by Crippen LogP contribution is -2.09. The molecule has 0 atom stereocenters. The van der Waals surface area contributed by atoms with Crippen molar-refractivity contribution in [3.05, 3.63) is 200 Å². The molecule has 8 aromatic carbocycles. The number of rotatable bonds is 7. The summed E-state index contributed by atoms with van der Waals surface area (Å²) in [5.74, 6) is 0. The van der Waals surface area contributed by atoms with Gasteiger partial charge >= 0.3 is 0 Å². The van der Waals surface area contributed by atoms with Gasteiger partial charge in [-0.05, 0) is 104 Å². The fourth-order valence-corrected chi connectivity index (χ4v) is 6.54. The van der Waals surface area contributed by atoms with Gasteiger partial charge in [0, 0.05) is 17.1 Å². The molecule has 47 heavy (non-hydrogen) atoms. The molecule has 0 saturated carbocycles. The van der Waals surface area contributed by atoms with Crippen LogP contribution in [0.15, 0.2) is 200 Å². The van der Waals surface area contributed by atoms with Gasteiger partial charge in [0.1, 0.15) is 0 Å². The van der Waals surface area contributed by atoms with Crippen LogP contribution >= 0.6 is 0 Å². The first-order valence-corrected chi connectivity index (χ1v) is 16.1. The summed E-state index contributed by atoms with van der Waals surface area (Å²) < 4.78 is 0. The van der Waals surface area contributed by atoms with Gasteiger partial charge in [-0.3, -0.25) is 0 Å². The molecule has 1 nitrogen and oxygen atoms in total. The molecule has 1 heteroatoms. The fraction of sp³-hybridized carbons (Fsp3) is 0. The summed E-state index contributed by atoms with van der Waals surface area (Å²) in [4.78, 5) is 2.33. The van der Waals surface area contributed by atoms with Gasteiger partial charge in [-0.15, -0.1) is 0 Å². The van der Waals surface area contributed by atoms with Crippen LogP contribution in [0, 0.1) is 0 Å². The van der Waals surface area contributed by atoms with Gasteiger partial charge in [0.2, 0.25) is 0 Å².